The number of ether oxygens (including phenoxy) is 2. The van der Waals surface area contributed by atoms with E-state index in [-0.39, 0.29) is 12.4 Å². The van der Waals surface area contributed by atoms with Gasteiger partial charge in [-0.25, -0.2) is 0 Å². The third-order valence-electron chi connectivity index (χ3n) is 2.60. The van der Waals surface area contributed by atoms with Crippen LogP contribution in [0.4, 0.5) is 0 Å². The highest BCUT2D eigenvalue weighted by molar-refractivity contribution is 5.74. The predicted octanol–water partition coefficient (Wildman–Crippen LogP) is 1.84. The Labute approximate surface area is 101 Å². The van der Waals surface area contributed by atoms with E-state index in [1.807, 2.05) is 13.0 Å². The van der Waals surface area contributed by atoms with Gasteiger partial charge in [0.05, 0.1) is 32.3 Å². The molecule has 17 heavy (non-hydrogen) atoms. The van der Waals surface area contributed by atoms with Crippen LogP contribution in [0.5, 0.6) is 5.75 Å². The molecule has 0 radical (unpaired) electrons. The predicted molar refractivity (Wildman–Crippen MR) is 62.8 cm³/mol. The summed E-state index contributed by atoms with van der Waals surface area (Å²) in [7, 11) is 2.89. The van der Waals surface area contributed by atoms with Crippen molar-refractivity contribution in [1.82, 2.24) is 0 Å². The maximum Gasteiger partial charge on any atom is 0.310 e. The third-order valence-corrected chi connectivity index (χ3v) is 2.60. The first-order chi connectivity index (χ1) is 8.15. The topological polar surface area (TPSA) is 59.3 Å². The van der Waals surface area contributed by atoms with Crippen molar-refractivity contribution in [2.24, 2.45) is 0 Å². The van der Waals surface area contributed by atoms with Gasteiger partial charge in [-0.05, 0) is 29.7 Å². The summed E-state index contributed by atoms with van der Waals surface area (Å²) in [5, 5.41) is 9.09. The molecule has 1 aromatic carbocycles. The Balaban J connectivity index is 3.25. The summed E-state index contributed by atoms with van der Waals surface area (Å²) in [6.07, 6.45) is 0.852. The van der Waals surface area contributed by atoms with Gasteiger partial charge in [0, 0.05) is 0 Å². The quantitative estimate of drug-likeness (QED) is 0.744. The van der Waals surface area contributed by atoms with Gasteiger partial charge in [-0.3, -0.25) is 4.79 Å². The fourth-order valence-corrected chi connectivity index (χ4v) is 1.66. The average Bonchev–Trinajstić information content (AvgIpc) is 2.38. The first kappa shape index (κ1) is 13.0. The lowest BCUT2D eigenvalue weighted by Gasteiger charge is -2.11. The zero-order chi connectivity index (χ0) is 12.8. The Kier molecular flexibility index (Phi) is 4.53. The summed E-state index contributed by atoms with van der Waals surface area (Å²) in [6, 6.07) is 5.57. The van der Waals surface area contributed by atoms with Crippen molar-refractivity contribution >= 4 is 5.97 Å². The van der Waals surface area contributed by atoms with Gasteiger partial charge in [-0.2, -0.15) is 5.26 Å². The van der Waals surface area contributed by atoms with Gasteiger partial charge in [-0.15, -0.1) is 0 Å². The van der Waals surface area contributed by atoms with Gasteiger partial charge in [-0.1, -0.05) is 6.92 Å². The van der Waals surface area contributed by atoms with Gasteiger partial charge < -0.3 is 9.47 Å². The zero-order valence-electron chi connectivity index (χ0n) is 10.2. The molecule has 0 spiro atoms. The van der Waals surface area contributed by atoms with E-state index in [4.69, 9.17) is 10.00 Å². The van der Waals surface area contributed by atoms with Gasteiger partial charge in [0.2, 0.25) is 0 Å². The number of methoxy groups -OCH3 is 2. The van der Waals surface area contributed by atoms with Crippen molar-refractivity contribution in [3.8, 4) is 11.8 Å². The Morgan fingerprint density at radius 1 is 1.41 bits per heavy atom. The third kappa shape index (κ3) is 2.97. The molecule has 0 saturated heterocycles. The number of hydrogen-bond acceptors (Lipinski definition) is 4. The fourth-order valence-electron chi connectivity index (χ4n) is 1.66. The second-order valence-electron chi connectivity index (χ2n) is 3.53. The summed E-state index contributed by atoms with van der Waals surface area (Å²) in [4.78, 5) is 11.3. The molecule has 1 rings (SSSR count). The lowest BCUT2D eigenvalue weighted by Crippen LogP contribution is -2.09. The average molecular weight is 233 g/mol. The summed E-state index contributed by atoms with van der Waals surface area (Å²) >= 11 is 0. The molecule has 0 unspecified atom stereocenters. The van der Waals surface area contributed by atoms with Crippen LogP contribution in [0.15, 0.2) is 12.1 Å². The summed E-state index contributed by atoms with van der Waals surface area (Å²) < 4.78 is 9.75. The smallest absolute Gasteiger partial charge is 0.310 e. The van der Waals surface area contributed by atoms with Crippen molar-refractivity contribution in [2.45, 2.75) is 19.8 Å². The summed E-state index contributed by atoms with van der Waals surface area (Å²) in [5.41, 5.74) is 2.13. The van der Waals surface area contributed by atoms with Crippen LogP contribution in [-0.2, 0) is 22.4 Å². The molecular formula is C13H15NO3. The van der Waals surface area contributed by atoms with Crippen molar-refractivity contribution < 1.29 is 14.3 Å². The first-order valence-electron chi connectivity index (χ1n) is 5.32. The van der Waals surface area contributed by atoms with Crippen molar-refractivity contribution in [3.63, 3.8) is 0 Å². The van der Waals surface area contributed by atoms with Crippen LogP contribution in [-0.4, -0.2) is 20.2 Å². The highest BCUT2D eigenvalue weighted by Gasteiger charge is 2.14. The number of esters is 1. The molecule has 0 heterocycles. The van der Waals surface area contributed by atoms with Crippen LogP contribution in [0.1, 0.15) is 23.6 Å². The molecule has 4 heteroatoms. The minimum atomic E-state index is -0.346. The normalized spacial score (nSPS) is 9.53. The van der Waals surface area contributed by atoms with E-state index in [0.717, 1.165) is 17.5 Å². The number of carbonyl (C=O) groups excluding carboxylic acids is 1. The number of hydrogen-bond donors (Lipinski definition) is 0. The van der Waals surface area contributed by atoms with E-state index < -0.39 is 0 Å². The number of nitriles is 1. The number of aryl methyl sites for hydroxylation is 1. The Hall–Kier alpha value is -2.02. The van der Waals surface area contributed by atoms with Crippen LogP contribution in [0.3, 0.4) is 0 Å². The first-order valence-corrected chi connectivity index (χ1v) is 5.32. The molecule has 0 atom stereocenters. The van der Waals surface area contributed by atoms with Gasteiger partial charge in [0.1, 0.15) is 5.75 Å². The molecule has 0 aromatic heterocycles. The summed E-state index contributed by atoms with van der Waals surface area (Å²) in [5.74, 6) is 0.286. The van der Waals surface area contributed by atoms with E-state index in [1.54, 1.807) is 13.2 Å². The Morgan fingerprint density at radius 3 is 2.59 bits per heavy atom. The van der Waals surface area contributed by atoms with Crippen molar-refractivity contribution in [2.75, 3.05) is 14.2 Å². The standard InChI is InChI=1S/C13H15NO3/c1-4-9-5-11(16-2)6-10(8-14)12(9)7-13(15)17-3/h5-6H,4,7H2,1-3H3. The number of benzene rings is 1. The Morgan fingerprint density at radius 2 is 2.12 bits per heavy atom. The van der Waals surface area contributed by atoms with E-state index >= 15 is 0 Å². The van der Waals surface area contributed by atoms with Crippen LogP contribution in [0.25, 0.3) is 0 Å². The number of nitrogens with zero attached hydrogens (tertiary/aromatic N) is 1. The van der Waals surface area contributed by atoms with Crippen LogP contribution in [0.2, 0.25) is 0 Å². The molecule has 0 N–H and O–H groups in total. The van der Waals surface area contributed by atoms with Crippen LogP contribution < -0.4 is 4.74 Å². The minimum Gasteiger partial charge on any atom is -0.497 e. The SMILES string of the molecule is CCc1cc(OC)cc(C#N)c1CC(=O)OC. The van der Waals surface area contributed by atoms with E-state index in [0.29, 0.717) is 11.3 Å². The van der Waals surface area contributed by atoms with Crippen LogP contribution in [0, 0.1) is 11.3 Å². The molecule has 0 bridgehead atoms. The lowest BCUT2D eigenvalue weighted by molar-refractivity contribution is -0.139. The van der Waals surface area contributed by atoms with Crippen LogP contribution >= 0.6 is 0 Å². The lowest BCUT2D eigenvalue weighted by atomic mass is 9.96. The van der Waals surface area contributed by atoms with Gasteiger partial charge in [0.25, 0.3) is 0 Å². The molecule has 0 amide bonds. The molecular weight excluding hydrogens is 218 g/mol. The molecule has 0 aliphatic rings. The highest BCUT2D eigenvalue weighted by Crippen LogP contribution is 2.23. The van der Waals surface area contributed by atoms with E-state index in [9.17, 15) is 4.79 Å². The van der Waals surface area contributed by atoms with E-state index in [2.05, 4.69) is 10.8 Å². The summed E-state index contributed by atoms with van der Waals surface area (Å²) in [6.45, 7) is 1.97. The van der Waals surface area contributed by atoms with E-state index in [1.165, 1.54) is 7.11 Å². The molecule has 1 aromatic rings. The maximum atomic E-state index is 11.3. The second-order valence-corrected chi connectivity index (χ2v) is 3.53. The van der Waals surface area contributed by atoms with Crippen molar-refractivity contribution in [1.29, 1.82) is 5.26 Å². The van der Waals surface area contributed by atoms with Gasteiger partial charge in [0.15, 0.2) is 0 Å². The molecule has 4 nitrogen and oxygen atoms in total. The molecule has 0 fully saturated rings. The van der Waals surface area contributed by atoms with Gasteiger partial charge >= 0.3 is 5.97 Å². The monoisotopic (exact) mass is 233 g/mol. The molecule has 0 saturated carbocycles. The zero-order valence-corrected chi connectivity index (χ0v) is 10.2. The molecule has 0 aliphatic carbocycles. The van der Waals surface area contributed by atoms with Crippen molar-refractivity contribution in [3.05, 3.63) is 28.8 Å². The molecule has 90 valence electrons. The number of carbonyl (C=O) groups is 1. The minimum absolute atomic E-state index is 0.118. The fraction of sp³-hybridized carbons (Fsp3) is 0.385. The second kappa shape index (κ2) is 5.90. The highest BCUT2D eigenvalue weighted by atomic mass is 16.5. The largest absolute Gasteiger partial charge is 0.497 e. The maximum absolute atomic E-state index is 11.3. The Bertz CT molecular complexity index is 460. The molecule has 0 aliphatic heterocycles. The number of rotatable bonds is 4.